The average molecular weight is 193 g/mol. The number of carbonyl (C=O) groups excluding carboxylic acids is 1. The number of hydrogen-bond acceptors (Lipinski definition) is 3. The van der Waals surface area contributed by atoms with Gasteiger partial charge in [-0.1, -0.05) is 0 Å². The van der Waals surface area contributed by atoms with E-state index in [1.807, 2.05) is 0 Å². The van der Waals surface area contributed by atoms with Gasteiger partial charge in [-0.05, 0) is 18.2 Å². The molecule has 1 aromatic rings. The third-order valence-corrected chi connectivity index (χ3v) is 2.18. The molecule has 14 heavy (non-hydrogen) atoms. The van der Waals surface area contributed by atoms with Gasteiger partial charge in [0.15, 0.2) is 6.73 Å². The van der Waals surface area contributed by atoms with Crippen LogP contribution in [0.4, 0.5) is 0 Å². The van der Waals surface area contributed by atoms with Crippen LogP contribution in [-0.4, -0.2) is 31.7 Å². The topological polar surface area (TPSA) is 38.8 Å². The lowest BCUT2D eigenvalue weighted by atomic mass is 10.1. The molecular formula is C10H11NO3. The molecule has 74 valence electrons. The highest BCUT2D eigenvalue weighted by Crippen LogP contribution is 2.27. The molecule has 1 aliphatic heterocycles. The first-order valence-corrected chi connectivity index (χ1v) is 4.28. The highest BCUT2D eigenvalue weighted by molar-refractivity contribution is 5.97. The van der Waals surface area contributed by atoms with Gasteiger partial charge in [-0.15, -0.1) is 0 Å². The summed E-state index contributed by atoms with van der Waals surface area (Å²) >= 11 is 0. The van der Waals surface area contributed by atoms with E-state index >= 15 is 0 Å². The number of rotatable bonds is 1. The molecule has 0 N–H and O–H groups in total. The van der Waals surface area contributed by atoms with E-state index in [2.05, 4.69) is 0 Å². The Kier molecular flexibility index (Phi) is 2.04. The molecule has 0 atom stereocenters. The number of carbonyl (C=O) groups is 1. The molecule has 0 spiro atoms. The number of amides is 1. The van der Waals surface area contributed by atoms with Crippen LogP contribution in [0, 0.1) is 0 Å². The quantitative estimate of drug-likeness (QED) is 0.670. The van der Waals surface area contributed by atoms with Crippen LogP contribution >= 0.6 is 0 Å². The Hall–Kier alpha value is -1.71. The van der Waals surface area contributed by atoms with E-state index in [0.29, 0.717) is 23.8 Å². The zero-order valence-electron chi connectivity index (χ0n) is 8.11. The van der Waals surface area contributed by atoms with Crippen LogP contribution in [0.2, 0.25) is 0 Å². The molecule has 0 radical (unpaired) electrons. The maximum atomic E-state index is 11.7. The third kappa shape index (κ3) is 1.28. The summed E-state index contributed by atoms with van der Waals surface area (Å²) in [6.07, 6.45) is 0. The molecule has 1 aromatic carbocycles. The van der Waals surface area contributed by atoms with Crippen LogP contribution in [0.15, 0.2) is 18.2 Å². The van der Waals surface area contributed by atoms with Gasteiger partial charge in [-0.25, -0.2) is 0 Å². The molecule has 0 aliphatic carbocycles. The standard InChI is InChI=1S/C10H11NO3/c1-11-6-14-9-4-3-7(13-2)5-8(9)10(11)12/h3-5H,6H2,1-2H3. The summed E-state index contributed by atoms with van der Waals surface area (Å²) < 4.78 is 10.4. The van der Waals surface area contributed by atoms with Crippen molar-refractivity contribution in [2.75, 3.05) is 20.9 Å². The summed E-state index contributed by atoms with van der Waals surface area (Å²) in [5.74, 6) is 1.25. The van der Waals surface area contributed by atoms with Crippen molar-refractivity contribution >= 4 is 5.91 Å². The predicted octanol–water partition coefficient (Wildman–Crippen LogP) is 1.12. The minimum absolute atomic E-state index is 0.0369. The van der Waals surface area contributed by atoms with Gasteiger partial charge in [-0.3, -0.25) is 4.79 Å². The van der Waals surface area contributed by atoms with E-state index in [0.717, 1.165) is 0 Å². The van der Waals surface area contributed by atoms with Crippen LogP contribution in [0.5, 0.6) is 11.5 Å². The third-order valence-electron chi connectivity index (χ3n) is 2.18. The number of hydrogen-bond donors (Lipinski definition) is 0. The lowest BCUT2D eigenvalue weighted by molar-refractivity contribution is 0.0594. The fraction of sp³-hybridized carbons (Fsp3) is 0.300. The van der Waals surface area contributed by atoms with Gasteiger partial charge in [0.25, 0.3) is 5.91 Å². The van der Waals surface area contributed by atoms with Gasteiger partial charge in [0.05, 0.1) is 12.7 Å². The van der Waals surface area contributed by atoms with E-state index in [-0.39, 0.29) is 5.91 Å². The second-order valence-electron chi connectivity index (χ2n) is 3.14. The van der Waals surface area contributed by atoms with Crippen molar-refractivity contribution in [2.45, 2.75) is 0 Å². The number of methoxy groups -OCH3 is 1. The summed E-state index contributed by atoms with van der Waals surface area (Å²) in [5.41, 5.74) is 0.554. The van der Waals surface area contributed by atoms with Crippen molar-refractivity contribution in [3.63, 3.8) is 0 Å². The second kappa shape index (κ2) is 3.21. The van der Waals surface area contributed by atoms with E-state index < -0.39 is 0 Å². The van der Waals surface area contributed by atoms with Crippen molar-refractivity contribution in [1.29, 1.82) is 0 Å². The Morgan fingerprint density at radius 1 is 1.50 bits per heavy atom. The van der Waals surface area contributed by atoms with E-state index in [1.54, 1.807) is 32.4 Å². The largest absolute Gasteiger partial charge is 0.497 e. The number of nitrogens with zero attached hydrogens (tertiary/aromatic N) is 1. The molecule has 4 heteroatoms. The van der Waals surface area contributed by atoms with E-state index in [4.69, 9.17) is 9.47 Å². The van der Waals surface area contributed by atoms with Crippen molar-refractivity contribution in [2.24, 2.45) is 0 Å². The van der Waals surface area contributed by atoms with Crippen molar-refractivity contribution in [1.82, 2.24) is 4.90 Å². The molecule has 0 aromatic heterocycles. The van der Waals surface area contributed by atoms with Gasteiger partial charge in [-0.2, -0.15) is 0 Å². The summed E-state index contributed by atoms with van der Waals surface area (Å²) in [6, 6.07) is 5.21. The summed E-state index contributed by atoms with van der Waals surface area (Å²) in [5, 5.41) is 0. The lowest BCUT2D eigenvalue weighted by Gasteiger charge is -2.25. The first kappa shape index (κ1) is 8.87. The van der Waals surface area contributed by atoms with Gasteiger partial charge in [0.1, 0.15) is 11.5 Å². The van der Waals surface area contributed by atoms with Crippen LogP contribution in [-0.2, 0) is 0 Å². The average Bonchev–Trinajstić information content (AvgIpc) is 2.23. The molecular weight excluding hydrogens is 182 g/mol. The summed E-state index contributed by atoms with van der Waals surface area (Å²) in [6.45, 7) is 0.304. The minimum Gasteiger partial charge on any atom is -0.497 e. The first-order chi connectivity index (χ1) is 6.72. The highest BCUT2D eigenvalue weighted by Gasteiger charge is 2.22. The van der Waals surface area contributed by atoms with Gasteiger partial charge < -0.3 is 14.4 Å². The highest BCUT2D eigenvalue weighted by atomic mass is 16.5. The normalized spacial score (nSPS) is 14.7. The Labute approximate surface area is 82.0 Å². The fourth-order valence-corrected chi connectivity index (χ4v) is 1.36. The molecule has 0 bridgehead atoms. The van der Waals surface area contributed by atoms with Gasteiger partial charge in [0.2, 0.25) is 0 Å². The molecule has 0 unspecified atom stereocenters. The monoisotopic (exact) mass is 193 g/mol. The Morgan fingerprint density at radius 2 is 2.29 bits per heavy atom. The Morgan fingerprint density at radius 3 is 3.00 bits per heavy atom. The molecule has 2 rings (SSSR count). The molecule has 1 aliphatic rings. The zero-order valence-corrected chi connectivity index (χ0v) is 8.11. The summed E-state index contributed by atoms with van der Waals surface area (Å²) in [7, 11) is 3.27. The molecule has 0 saturated heterocycles. The van der Waals surface area contributed by atoms with Crippen molar-refractivity contribution < 1.29 is 14.3 Å². The minimum atomic E-state index is -0.0369. The molecule has 1 heterocycles. The summed E-state index contributed by atoms with van der Waals surface area (Å²) in [4.78, 5) is 13.2. The van der Waals surface area contributed by atoms with Crippen molar-refractivity contribution in [3.05, 3.63) is 23.8 Å². The zero-order chi connectivity index (χ0) is 10.1. The molecule has 0 fully saturated rings. The lowest BCUT2D eigenvalue weighted by Crippen LogP contribution is -2.35. The Bertz CT molecular complexity index is 376. The predicted molar refractivity (Wildman–Crippen MR) is 50.6 cm³/mol. The second-order valence-corrected chi connectivity index (χ2v) is 3.14. The van der Waals surface area contributed by atoms with Crippen LogP contribution in [0.25, 0.3) is 0 Å². The van der Waals surface area contributed by atoms with Crippen LogP contribution < -0.4 is 9.47 Å². The van der Waals surface area contributed by atoms with Gasteiger partial charge in [0, 0.05) is 7.05 Å². The first-order valence-electron chi connectivity index (χ1n) is 4.28. The number of benzene rings is 1. The van der Waals surface area contributed by atoms with Gasteiger partial charge >= 0.3 is 0 Å². The van der Waals surface area contributed by atoms with Crippen LogP contribution in [0.3, 0.4) is 0 Å². The maximum absolute atomic E-state index is 11.7. The maximum Gasteiger partial charge on any atom is 0.260 e. The van der Waals surface area contributed by atoms with Crippen molar-refractivity contribution in [3.8, 4) is 11.5 Å². The van der Waals surface area contributed by atoms with E-state index in [9.17, 15) is 4.79 Å². The molecule has 4 nitrogen and oxygen atoms in total. The van der Waals surface area contributed by atoms with Crippen LogP contribution in [0.1, 0.15) is 10.4 Å². The smallest absolute Gasteiger partial charge is 0.260 e. The Balaban J connectivity index is 2.46. The number of fused-ring (bicyclic) bond motifs is 1. The van der Waals surface area contributed by atoms with E-state index in [1.165, 1.54) is 4.90 Å². The number of ether oxygens (including phenoxy) is 2. The molecule has 0 saturated carbocycles. The fourth-order valence-electron chi connectivity index (χ4n) is 1.36. The molecule has 1 amide bonds. The SMILES string of the molecule is COc1ccc2c(c1)C(=O)N(C)CO2.